The number of aliphatic hydroxyl groups excluding tert-OH is 2. The van der Waals surface area contributed by atoms with Crippen LogP contribution in [0.5, 0.6) is 0 Å². The minimum Gasteiger partial charge on any atom is -0.394 e. The van der Waals surface area contributed by atoms with Crippen molar-refractivity contribution < 1.29 is 41.4 Å². The zero-order chi connectivity index (χ0) is 35.3. The predicted molar refractivity (Wildman–Crippen MR) is 175 cm³/mol. The van der Waals surface area contributed by atoms with Gasteiger partial charge in [0.15, 0.2) is 0 Å². The predicted octanol–water partition coefficient (Wildman–Crippen LogP) is 3.75. The van der Waals surface area contributed by atoms with Crippen molar-refractivity contribution in [2.45, 2.75) is 75.3 Å². The molecule has 5 N–H and O–H groups in total. The number of carbonyl (C=O) groups is 2. The number of β-amino-alcohol motifs (C(OH)–C–C–N with tert-alkyl or cyclic N) is 1. The zero-order valence-corrected chi connectivity index (χ0v) is 27.8. The van der Waals surface area contributed by atoms with Gasteiger partial charge in [-0.25, -0.2) is 13.1 Å². The minimum absolute atomic E-state index is 0.0206. The summed E-state index contributed by atoms with van der Waals surface area (Å²) in [7, 11) is -3.76. The number of halogens is 3. The first-order chi connectivity index (χ1) is 22.5. The fraction of sp³-hybridized carbons (Fsp3) is 0.412. The average Bonchev–Trinajstić information content (AvgIpc) is 3.15. The number of alkyl halides is 3. The standard InChI is InChI=1S/C34H41F3N4O6S/c1-4-39-48(46,47)30-8-6-5-7-27(30)23-11-9-22(10-12-23)20-41-29-16-14-25(34(35,36)37)17-24(29)13-15-28(32(41)45)40-31(44)18-33(2,3)38-19-26(43)21-42/h5-12,14,16-17,26,28,38-39,42-43H,4,13,15,18-21H2,1-3H3,(H,40,44)/t26-,28+/m0/s1. The van der Waals surface area contributed by atoms with Crippen molar-refractivity contribution in [3.05, 3.63) is 83.4 Å². The molecule has 2 atom stereocenters. The Morgan fingerprint density at radius 2 is 1.75 bits per heavy atom. The molecular formula is C34H41F3N4O6S. The van der Waals surface area contributed by atoms with E-state index in [-0.39, 0.29) is 43.8 Å². The highest BCUT2D eigenvalue weighted by Crippen LogP contribution is 2.36. The first-order valence-corrected chi connectivity index (χ1v) is 17.1. The number of nitrogens with zero attached hydrogens (tertiary/aromatic N) is 1. The highest BCUT2D eigenvalue weighted by molar-refractivity contribution is 7.89. The summed E-state index contributed by atoms with van der Waals surface area (Å²) in [6.07, 6.45) is -5.50. The molecule has 1 heterocycles. The van der Waals surface area contributed by atoms with Gasteiger partial charge < -0.3 is 25.7 Å². The Balaban J connectivity index is 1.62. The van der Waals surface area contributed by atoms with Crippen LogP contribution < -0.4 is 20.3 Å². The lowest BCUT2D eigenvalue weighted by Crippen LogP contribution is -2.51. The van der Waals surface area contributed by atoms with Crippen LogP contribution in [0.4, 0.5) is 18.9 Å². The number of carbonyl (C=O) groups excluding carboxylic acids is 2. The van der Waals surface area contributed by atoms with Crippen molar-refractivity contribution >= 4 is 27.5 Å². The summed E-state index contributed by atoms with van der Waals surface area (Å²) in [6.45, 7) is 4.92. The van der Waals surface area contributed by atoms with Crippen LogP contribution >= 0.6 is 0 Å². The number of hydrogen-bond donors (Lipinski definition) is 5. The Kier molecular flexibility index (Phi) is 11.7. The van der Waals surface area contributed by atoms with Crippen LogP contribution in [0.2, 0.25) is 0 Å². The quantitative estimate of drug-likeness (QED) is 0.184. The molecule has 14 heteroatoms. The molecule has 48 heavy (non-hydrogen) atoms. The van der Waals surface area contributed by atoms with E-state index < -0.39 is 57.9 Å². The number of hydrogen-bond acceptors (Lipinski definition) is 7. The van der Waals surface area contributed by atoms with E-state index in [2.05, 4.69) is 15.4 Å². The van der Waals surface area contributed by atoms with Gasteiger partial charge in [0.05, 0.1) is 29.7 Å². The van der Waals surface area contributed by atoms with Crippen molar-refractivity contribution in [3.63, 3.8) is 0 Å². The smallest absolute Gasteiger partial charge is 0.394 e. The molecule has 0 bridgehead atoms. The van der Waals surface area contributed by atoms with Crippen LogP contribution in [0.15, 0.2) is 71.6 Å². The molecule has 0 fully saturated rings. The van der Waals surface area contributed by atoms with Gasteiger partial charge in [0.1, 0.15) is 6.04 Å². The molecule has 3 aromatic rings. The van der Waals surface area contributed by atoms with E-state index in [1.54, 1.807) is 63.2 Å². The van der Waals surface area contributed by atoms with Gasteiger partial charge in [-0.15, -0.1) is 0 Å². The molecule has 0 saturated carbocycles. The van der Waals surface area contributed by atoms with Gasteiger partial charge in [0.25, 0.3) is 0 Å². The second kappa shape index (κ2) is 15.2. The summed E-state index contributed by atoms with van der Waals surface area (Å²) >= 11 is 0. The van der Waals surface area contributed by atoms with Gasteiger partial charge in [-0.1, -0.05) is 49.4 Å². The molecule has 10 nitrogen and oxygen atoms in total. The Hall–Kier alpha value is -3.82. The van der Waals surface area contributed by atoms with E-state index in [0.29, 0.717) is 27.9 Å². The summed E-state index contributed by atoms with van der Waals surface area (Å²) < 4.78 is 69.0. The number of fused-ring (bicyclic) bond motifs is 1. The molecule has 0 aliphatic carbocycles. The molecule has 1 aliphatic rings. The molecule has 0 spiro atoms. The minimum atomic E-state index is -4.59. The van der Waals surface area contributed by atoms with Gasteiger partial charge in [0, 0.05) is 36.3 Å². The Morgan fingerprint density at radius 3 is 2.40 bits per heavy atom. The third-order valence-electron chi connectivity index (χ3n) is 8.05. The summed E-state index contributed by atoms with van der Waals surface area (Å²) in [5.74, 6) is -0.962. The number of rotatable bonds is 13. The SMILES string of the molecule is CCNS(=O)(=O)c1ccccc1-c1ccc(CN2C(=O)[C@H](NC(=O)CC(C)(C)NC[C@H](O)CO)CCc3cc(C(F)(F)F)ccc32)cc1. The van der Waals surface area contributed by atoms with Crippen molar-refractivity contribution in [1.29, 1.82) is 0 Å². The molecule has 0 aromatic heterocycles. The van der Waals surface area contributed by atoms with E-state index >= 15 is 0 Å². The van der Waals surface area contributed by atoms with E-state index in [9.17, 15) is 36.3 Å². The summed E-state index contributed by atoms with van der Waals surface area (Å²) in [5, 5.41) is 24.5. The van der Waals surface area contributed by atoms with Crippen molar-refractivity contribution in [2.75, 3.05) is 24.6 Å². The van der Waals surface area contributed by atoms with E-state index in [4.69, 9.17) is 5.11 Å². The summed E-state index contributed by atoms with van der Waals surface area (Å²) in [4.78, 5) is 28.6. The maximum absolute atomic E-state index is 14.0. The summed E-state index contributed by atoms with van der Waals surface area (Å²) in [6, 6.07) is 15.6. The highest BCUT2D eigenvalue weighted by atomic mass is 32.2. The highest BCUT2D eigenvalue weighted by Gasteiger charge is 2.36. The zero-order valence-electron chi connectivity index (χ0n) is 27.0. The Morgan fingerprint density at radius 1 is 1.06 bits per heavy atom. The fourth-order valence-corrected chi connectivity index (χ4v) is 6.87. The normalized spacial score (nSPS) is 16.3. The van der Waals surface area contributed by atoms with Crippen molar-refractivity contribution in [3.8, 4) is 11.1 Å². The Bertz CT molecular complexity index is 1710. The van der Waals surface area contributed by atoms with Crippen molar-refractivity contribution in [1.82, 2.24) is 15.4 Å². The Labute approximate surface area is 278 Å². The van der Waals surface area contributed by atoms with Crippen LogP contribution in [-0.2, 0) is 38.8 Å². The molecule has 0 saturated heterocycles. The average molecular weight is 691 g/mol. The van der Waals surface area contributed by atoms with Gasteiger partial charge in [-0.05, 0) is 67.6 Å². The largest absolute Gasteiger partial charge is 0.416 e. The second-order valence-corrected chi connectivity index (χ2v) is 14.1. The van der Waals surface area contributed by atoms with Crippen LogP contribution in [0.3, 0.4) is 0 Å². The summed E-state index contributed by atoms with van der Waals surface area (Å²) in [5.41, 5.74) is 0.692. The van der Waals surface area contributed by atoms with Crippen LogP contribution in [0, 0.1) is 0 Å². The van der Waals surface area contributed by atoms with Gasteiger partial charge in [-0.2, -0.15) is 13.2 Å². The monoisotopic (exact) mass is 690 g/mol. The molecule has 0 radical (unpaired) electrons. The second-order valence-electron chi connectivity index (χ2n) is 12.4. The van der Waals surface area contributed by atoms with Crippen LogP contribution in [0.1, 0.15) is 50.3 Å². The van der Waals surface area contributed by atoms with Gasteiger partial charge in [-0.3, -0.25) is 9.59 Å². The molecular weight excluding hydrogens is 649 g/mol. The third kappa shape index (κ3) is 9.20. The first kappa shape index (κ1) is 37.0. The van der Waals surface area contributed by atoms with Crippen molar-refractivity contribution in [2.24, 2.45) is 0 Å². The number of aryl methyl sites for hydroxylation is 1. The number of amides is 2. The number of benzene rings is 3. The number of sulfonamides is 1. The number of aliphatic hydroxyl groups is 2. The molecule has 260 valence electrons. The fourth-order valence-electron chi connectivity index (χ4n) is 5.60. The lowest BCUT2D eigenvalue weighted by atomic mass is 9.99. The van der Waals surface area contributed by atoms with Crippen LogP contribution in [0.25, 0.3) is 11.1 Å². The lowest BCUT2D eigenvalue weighted by Gasteiger charge is -2.29. The lowest BCUT2D eigenvalue weighted by molar-refractivity contribution is -0.137. The third-order valence-corrected chi connectivity index (χ3v) is 9.65. The number of nitrogens with one attached hydrogen (secondary N) is 3. The molecule has 4 rings (SSSR count). The molecule has 3 aromatic carbocycles. The number of anilines is 1. The van der Waals surface area contributed by atoms with E-state index in [0.717, 1.165) is 12.1 Å². The maximum atomic E-state index is 14.0. The van der Waals surface area contributed by atoms with E-state index in [1.165, 1.54) is 17.0 Å². The molecule has 2 amide bonds. The first-order valence-electron chi connectivity index (χ1n) is 15.6. The topological polar surface area (TPSA) is 148 Å². The molecule has 0 unspecified atom stereocenters. The maximum Gasteiger partial charge on any atom is 0.416 e. The van der Waals surface area contributed by atoms with Crippen LogP contribution in [-0.4, -0.2) is 67.8 Å². The van der Waals surface area contributed by atoms with Gasteiger partial charge >= 0.3 is 6.18 Å². The molecule has 1 aliphatic heterocycles. The van der Waals surface area contributed by atoms with Gasteiger partial charge in [0.2, 0.25) is 21.8 Å². The van der Waals surface area contributed by atoms with E-state index in [1.807, 2.05) is 0 Å².